The van der Waals surface area contributed by atoms with Crippen LogP contribution in [0.1, 0.15) is 88.8 Å². The number of rotatable bonds is 3. The maximum Gasteiger partial charge on any atom is 0.127 e. The second-order valence-electron chi connectivity index (χ2n) is 9.50. The van der Waals surface area contributed by atoms with Crippen molar-refractivity contribution in [3.8, 4) is 5.75 Å². The van der Waals surface area contributed by atoms with Crippen LogP contribution in [0.5, 0.6) is 5.75 Å². The standard InChI is InChI=1S/C26H35NO/c1-19-8-5-10-20(11-6-9-19)24-13-7-12-21(25(24)28)18-27-23-16-14-22(15-17-23)26(2,3)4/h7,12-20,28H,5-6,8-11H2,1-4H3. The summed E-state index contributed by atoms with van der Waals surface area (Å²) in [7, 11) is 0. The van der Waals surface area contributed by atoms with E-state index in [-0.39, 0.29) is 5.41 Å². The molecule has 1 fully saturated rings. The van der Waals surface area contributed by atoms with Gasteiger partial charge in [-0.1, -0.05) is 77.6 Å². The van der Waals surface area contributed by atoms with Crippen molar-refractivity contribution in [1.82, 2.24) is 0 Å². The first-order valence-corrected chi connectivity index (χ1v) is 10.8. The normalized spacial score (nSPS) is 21.4. The van der Waals surface area contributed by atoms with Gasteiger partial charge in [-0.3, -0.25) is 4.99 Å². The van der Waals surface area contributed by atoms with Crippen molar-refractivity contribution in [3.63, 3.8) is 0 Å². The predicted octanol–water partition coefficient (Wildman–Crippen LogP) is 7.51. The van der Waals surface area contributed by atoms with E-state index in [0.717, 1.165) is 22.7 Å². The molecule has 0 amide bonds. The summed E-state index contributed by atoms with van der Waals surface area (Å²) < 4.78 is 0. The molecule has 1 aliphatic rings. The zero-order chi connectivity index (χ0) is 20.1. The van der Waals surface area contributed by atoms with E-state index in [0.29, 0.717) is 11.7 Å². The molecule has 1 saturated carbocycles. The largest absolute Gasteiger partial charge is 0.507 e. The first-order chi connectivity index (χ1) is 13.3. The van der Waals surface area contributed by atoms with Gasteiger partial charge in [-0.25, -0.2) is 0 Å². The lowest BCUT2D eigenvalue weighted by molar-refractivity contribution is 0.370. The Balaban J connectivity index is 1.76. The van der Waals surface area contributed by atoms with Gasteiger partial charge in [-0.2, -0.15) is 0 Å². The van der Waals surface area contributed by atoms with Crippen molar-refractivity contribution in [1.29, 1.82) is 0 Å². The molecule has 0 heterocycles. The average molecular weight is 378 g/mol. The molecule has 0 aliphatic heterocycles. The van der Waals surface area contributed by atoms with Gasteiger partial charge in [0.2, 0.25) is 0 Å². The maximum atomic E-state index is 10.9. The van der Waals surface area contributed by atoms with E-state index in [9.17, 15) is 5.11 Å². The fourth-order valence-electron chi connectivity index (χ4n) is 4.23. The summed E-state index contributed by atoms with van der Waals surface area (Å²) in [6.07, 6.45) is 9.27. The Kier molecular flexibility index (Phi) is 6.59. The van der Waals surface area contributed by atoms with E-state index < -0.39 is 0 Å². The molecule has 1 N–H and O–H groups in total. The number of hydrogen-bond acceptors (Lipinski definition) is 2. The third-order valence-corrected chi connectivity index (χ3v) is 6.12. The van der Waals surface area contributed by atoms with Crippen molar-refractivity contribution in [2.45, 2.75) is 77.6 Å². The first kappa shape index (κ1) is 20.6. The third-order valence-electron chi connectivity index (χ3n) is 6.12. The zero-order valence-electron chi connectivity index (χ0n) is 17.9. The molecule has 0 saturated heterocycles. The summed E-state index contributed by atoms with van der Waals surface area (Å²) in [5.41, 5.74) is 4.27. The molecule has 2 aromatic rings. The molecule has 28 heavy (non-hydrogen) atoms. The highest BCUT2D eigenvalue weighted by Crippen LogP contribution is 2.37. The number of hydrogen-bond donors (Lipinski definition) is 1. The molecular formula is C26H35NO. The highest BCUT2D eigenvalue weighted by atomic mass is 16.3. The summed E-state index contributed by atoms with van der Waals surface area (Å²) in [6.45, 7) is 9.00. The van der Waals surface area contributed by atoms with Crippen LogP contribution in [0.3, 0.4) is 0 Å². The number of phenols is 1. The maximum absolute atomic E-state index is 10.9. The van der Waals surface area contributed by atoms with Crippen LogP contribution in [0.4, 0.5) is 5.69 Å². The molecule has 0 radical (unpaired) electrons. The van der Waals surface area contributed by atoms with Crippen LogP contribution in [0, 0.1) is 5.92 Å². The molecular weight excluding hydrogens is 342 g/mol. The number of aromatic hydroxyl groups is 1. The van der Waals surface area contributed by atoms with Crippen LogP contribution in [0.2, 0.25) is 0 Å². The Bertz CT molecular complexity index is 788. The zero-order valence-corrected chi connectivity index (χ0v) is 17.9. The molecule has 2 heteroatoms. The molecule has 3 rings (SSSR count). The van der Waals surface area contributed by atoms with Gasteiger partial charge in [0.1, 0.15) is 5.75 Å². The molecule has 0 spiro atoms. The van der Waals surface area contributed by atoms with Crippen LogP contribution in [-0.2, 0) is 5.41 Å². The second-order valence-corrected chi connectivity index (χ2v) is 9.50. The van der Waals surface area contributed by atoms with Crippen LogP contribution in [-0.4, -0.2) is 11.3 Å². The molecule has 0 aromatic heterocycles. The fourth-order valence-corrected chi connectivity index (χ4v) is 4.23. The van der Waals surface area contributed by atoms with Gasteiger partial charge < -0.3 is 5.11 Å². The smallest absolute Gasteiger partial charge is 0.127 e. The minimum atomic E-state index is 0.143. The summed E-state index contributed by atoms with van der Waals surface area (Å²) in [5.74, 6) is 1.72. The summed E-state index contributed by atoms with van der Waals surface area (Å²) >= 11 is 0. The van der Waals surface area contributed by atoms with Crippen molar-refractivity contribution in [2.75, 3.05) is 0 Å². The Labute approximate surface area is 170 Å². The number of benzene rings is 2. The van der Waals surface area contributed by atoms with E-state index in [2.05, 4.69) is 57.0 Å². The minimum absolute atomic E-state index is 0.143. The SMILES string of the molecule is CC1CCCC(c2cccc(C=Nc3ccc(C(C)(C)C)cc3)c2O)CCC1. The highest BCUT2D eigenvalue weighted by Gasteiger charge is 2.19. The monoisotopic (exact) mass is 377 g/mol. The molecule has 1 aliphatic carbocycles. The Morgan fingerprint density at radius 3 is 2.18 bits per heavy atom. The van der Waals surface area contributed by atoms with E-state index in [1.807, 2.05) is 18.2 Å². The third kappa shape index (κ3) is 5.25. The van der Waals surface area contributed by atoms with Crippen molar-refractivity contribution in [2.24, 2.45) is 10.9 Å². The topological polar surface area (TPSA) is 32.6 Å². The van der Waals surface area contributed by atoms with Crippen LogP contribution in [0.25, 0.3) is 0 Å². The van der Waals surface area contributed by atoms with Crippen molar-refractivity contribution < 1.29 is 5.11 Å². The van der Waals surface area contributed by atoms with Gasteiger partial charge in [-0.05, 0) is 59.4 Å². The van der Waals surface area contributed by atoms with Gasteiger partial charge in [-0.15, -0.1) is 0 Å². The number of nitrogens with zero attached hydrogens (tertiary/aromatic N) is 1. The minimum Gasteiger partial charge on any atom is -0.507 e. The fraction of sp³-hybridized carbons (Fsp3) is 0.500. The van der Waals surface area contributed by atoms with E-state index in [1.165, 1.54) is 44.1 Å². The van der Waals surface area contributed by atoms with Gasteiger partial charge in [0.25, 0.3) is 0 Å². The summed E-state index contributed by atoms with van der Waals surface area (Å²) in [6, 6.07) is 14.5. The Morgan fingerprint density at radius 2 is 1.57 bits per heavy atom. The van der Waals surface area contributed by atoms with E-state index in [1.54, 1.807) is 6.21 Å². The van der Waals surface area contributed by atoms with E-state index >= 15 is 0 Å². The van der Waals surface area contributed by atoms with Crippen LogP contribution in [0.15, 0.2) is 47.5 Å². The molecule has 0 unspecified atom stereocenters. The predicted molar refractivity (Wildman–Crippen MR) is 120 cm³/mol. The van der Waals surface area contributed by atoms with Gasteiger partial charge in [0.15, 0.2) is 0 Å². The lowest BCUT2D eigenvalue weighted by Crippen LogP contribution is -2.10. The lowest BCUT2D eigenvalue weighted by Gasteiger charge is -2.24. The van der Waals surface area contributed by atoms with Crippen LogP contribution >= 0.6 is 0 Å². The summed E-state index contributed by atoms with van der Waals surface area (Å²) in [5, 5.41) is 10.9. The highest BCUT2D eigenvalue weighted by molar-refractivity contribution is 5.86. The van der Waals surface area contributed by atoms with Gasteiger partial charge in [0, 0.05) is 11.8 Å². The van der Waals surface area contributed by atoms with Crippen LogP contribution < -0.4 is 0 Å². The second kappa shape index (κ2) is 8.94. The van der Waals surface area contributed by atoms with Crippen molar-refractivity contribution >= 4 is 11.9 Å². The molecule has 2 aromatic carbocycles. The number of phenolic OH excluding ortho intramolecular Hbond substituents is 1. The van der Waals surface area contributed by atoms with E-state index in [4.69, 9.17) is 0 Å². The molecule has 150 valence electrons. The Morgan fingerprint density at radius 1 is 0.929 bits per heavy atom. The number of aliphatic imine (C=N–C) groups is 1. The first-order valence-electron chi connectivity index (χ1n) is 10.8. The van der Waals surface area contributed by atoms with Gasteiger partial charge in [0.05, 0.1) is 5.69 Å². The molecule has 0 atom stereocenters. The average Bonchev–Trinajstić information content (AvgIpc) is 2.64. The number of para-hydroxylation sites is 1. The molecule has 2 nitrogen and oxygen atoms in total. The molecule has 0 bridgehead atoms. The van der Waals surface area contributed by atoms with Gasteiger partial charge >= 0.3 is 0 Å². The Hall–Kier alpha value is -2.09. The van der Waals surface area contributed by atoms with Crippen molar-refractivity contribution in [3.05, 3.63) is 59.2 Å². The quantitative estimate of drug-likeness (QED) is 0.551. The summed E-state index contributed by atoms with van der Waals surface area (Å²) in [4.78, 5) is 4.61. The lowest BCUT2D eigenvalue weighted by atomic mass is 9.82.